The fourth-order valence-electron chi connectivity index (χ4n) is 4.96. The summed E-state index contributed by atoms with van der Waals surface area (Å²) in [5, 5.41) is 0. The second-order valence-electron chi connectivity index (χ2n) is 8.21. The van der Waals surface area contributed by atoms with Crippen molar-refractivity contribution in [1.29, 1.82) is 0 Å². The van der Waals surface area contributed by atoms with Crippen LogP contribution in [-0.4, -0.2) is 78.9 Å². The van der Waals surface area contributed by atoms with Crippen LogP contribution in [0.4, 0.5) is 0 Å². The molecule has 3 saturated heterocycles. The highest BCUT2D eigenvalue weighted by atomic mass is 32.2. The molecule has 2 amide bonds. The van der Waals surface area contributed by atoms with Gasteiger partial charge in [0.1, 0.15) is 0 Å². The summed E-state index contributed by atoms with van der Waals surface area (Å²) in [7, 11) is -1.40. The van der Waals surface area contributed by atoms with Gasteiger partial charge in [-0.05, 0) is 18.8 Å². The summed E-state index contributed by atoms with van der Waals surface area (Å²) in [5.74, 6) is 0.361. The predicted octanol–water partition coefficient (Wildman–Crippen LogP) is 0.373. The molecule has 0 aromatic heterocycles. The maximum Gasteiger partial charge on any atom is 0.228 e. The minimum absolute atomic E-state index is 0.0111. The molecule has 3 fully saturated rings. The lowest BCUT2D eigenvalue weighted by Crippen LogP contribution is -2.57. The predicted molar refractivity (Wildman–Crippen MR) is 94.2 cm³/mol. The third-order valence-corrected chi connectivity index (χ3v) is 8.54. The van der Waals surface area contributed by atoms with Crippen LogP contribution < -0.4 is 0 Å². The Kier molecular flexibility index (Phi) is 4.64. The first-order valence-corrected chi connectivity index (χ1v) is 10.7. The van der Waals surface area contributed by atoms with E-state index in [1.165, 1.54) is 0 Å². The third kappa shape index (κ3) is 2.97. The molecule has 0 unspecified atom stereocenters. The van der Waals surface area contributed by atoms with Gasteiger partial charge in [-0.15, -0.1) is 0 Å². The van der Waals surface area contributed by atoms with Crippen molar-refractivity contribution in [3.05, 3.63) is 0 Å². The van der Waals surface area contributed by atoms with Crippen LogP contribution in [0.1, 0.15) is 33.6 Å². The van der Waals surface area contributed by atoms with E-state index in [4.69, 9.17) is 0 Å². The number of likely N-dealkylation sites (tertiary alicyclic amines) is 2. The van der Waals surface area contributed by atoms with E-state index in [1.807, 2.05) is 25.8 Å². The Bertz CT molecular complexity index is 667. The first kappa shape index (κ1) is 18.6. The van der Waals surface area contributed by atoms with Crippen LogP contribution in [0.25, 0.3) is 0 Å². The smallest absolute Gasteiger partial charge is 0.228 e. The van der Waals surface area contributed by atoms with Crippen LogP contribution in [0.3, 0.4) is 0 Å². The highest BCUT2D eigenvalue weighted by Gasteiger charge is 2.61. The van der Waals surface area contributed by atoms with E-state index in [2.05, 4.69) is 0 Å². The lowest BCUT2D eigenvalue weighted by atomic mass is 9.75. The zero-order valence-corrected chi connectivity index (χ0v) is 16.4. The molecule has 2 atom stereocenters. The summed E-state index contributed by atoms with van der Waals surface area (Å²) in [5.41, 5.74) is -0.310. The van der Waals surface area contributed by atoms with Crippen molar-refractivity contribution < 1.29 is 18.0 Å². The number of sulfonamides is 1. The van der Waals surface area contributed by atoms with Crippen LogP contribution in [0.5, 0.6) is 0 Å². The first-order valence-electron chi connectivity index (χ1n) is 9.09. The van der Waals surface area contributed by atoms with E-state index in [-0.39, 0.29) is 40.9 Å². The highest BCUT2D eigenvalue weighted by Crippen LogP contribution is 2.49. The van der Waals surface area contributed by atoms with Crippen molar-refractivity contribution >= 4 is 21.8 Å². The van der Waals surface area contributed by atoms with Gasteiger partial charge >= 0.3 is 0 Å². The second-order valence-corrected chi connectivity index (χ2v) is 10.2. The van der Waals surface area contributed by atoms with Crippen LogP contribution in [-0.2, 0) is 19.6 Å². The van der Waals surface area contributed by atoms with Gasteiger partial charge in [0.15, 0.2) is 0 Å². The van der Waals surface area contributed by atoms with Gasteiger partial charge in [0, 0.05) is 46.1 Å². The molecular weight excluding hydrogens is 342 g/mol. The normalized spacial score (nSPS) is 29.7. The number of hydrogen-bond donors (Lipinski definition) is 0. The van der Waals surface area contributed by atoms with E-state index in [0.717, 1.165) is 0 Å². The number of rotatable bonds is 3. The summed E-state index contributed by atoms with van der Waals surface area (Å²) < 4.78 is 26.6. The molecule has 3 rings (SSSR count). The van der Waals surface area contributed by atoms with Gasteiger partial charge < -0.3 is 9.80 Å². The molecule has 0 bridgehead atoms. The molecule has 8 heteroatoms. The maximum atomic E-state index is 12.7. The van der Waals surface area contributed by atoms with Gasteiger partial charge in [-0.3, -0.25) is 9.59 Å². The van der Waals surface area contributed by atoms with Crippen LogP contribution in [0.15, 0.2) is 0 Å². The van der Waals surface area contributed by atoms with Crippen molar-refractivity contribution in [2.45, 2.75) is 39.2 Å². The van der Waals surface area contributed by atoms with Gasteiger partial charge in [0.05, 0.1) is 17.2 Å². The van der Waals surface area contributed by atoms with Crippen molar-refractivity contribution in [3.63, 3.8) is 0 Å². The molecule has 7 nitrogen and oxygen atoms in total. The molecule has 142 valence electrons. The Labute approximate surface area is 150 Å². The molecule has 0 aromatic rings. The number of carbonyl (C=O) groups is 2. The zero-order chi connectivity index (χ0) is 18.6. The monoisotopic (exact) mass is 371 g/mol. The van der Waals surface area contributed by atoms with Crippen molar-refractivity contribution in [3.8, 4) is 0 Å². The Morgan fingerprint density at radius 1 is 1.24 bits per heavy atom. The van der Waals surface area contributed by atoms with Crippen LogP contribution in [0.2, 0.25) is 0 Å². The summed E-state index contributed by atoms with van der Waals surface area (Å²) in [4.78, 5) is 28.1. The van der Waals surface area contributed by atoms with Gasteiger partial charge in [0.25, 0.3) is 0 Å². The summed E-state index contributed by atoms with van der Waals surface area (Å²) >= 11 is 0. The number of nitrogens with zero attached hydrogens (tertiary/aromatic N) is 3. The minimum Gasteiger partial charge on any atom is -0.342 e. The van der Waals surface area contributed by atoms with Gasteiger partial charge in [-0.2, -0.15) is 0 Å². The van der Waals surface area contributed by atoms with Gasteiger partial charge in [-0.1, -0.05) is 13.8 Å². The Morgan fingerprint density at radius 2 is 1.84 bits per heavy atom. The lowest BCUT2D eigenvalue weighted by molar-refractivity contribution is -0.135. The lowest BCUT2D eigenvalue weighted by Gasteiger charge is -2.46. The van der Waals surface area contributed by atoms with E-state index in [1.54, 1.807) is 16.1 Å². The third-order valence-electron chi connectivity index (χ3n) is 6.30. The largest absolute Gasteiger partial charge is 0.342 e. The molecule has 0 radical (unpaired) electrons. The molecule has 0 saturated carbocycles. The van der Waals surface area contributed by atoms with Crippen molar-refractivity contribution in [2.75, 3.05) is 39.0 Å². The average molecular weight is 372 g/mol. The molecule has 25 heavy (non-hydrogen) atoms. The maximum absolute atomic E-state index is 12.7. The van der Waals surface area contributed by atoms with E-state index in [9.17, 15) is 18.0 Å². The summed E-state index contributed by atoms with van der Waals surface area (Å²) in [6, 6.07) is 0. The number of carbonyl (C=O) groups excluding carboxylic acids is 2. The van der Waals surface area contributed by atoms with Gasteiger partial charge in [0.2, 0.25) is 21.8 Å². The molecular formula is C17H29N3O4S. The summed E-state index contributed by atoms with van der Waals surface area (Å²) in [6.07, 6.45) is 1.30. The Morgan fingerprint density at radius 3 is 2.36 bits per heavy atom. The number of hydrogen-bond acceptors (Lipinski definition) is 4. The quantitative estimate of drug-likeness (QED) is 0.718. The Hall–Kier alpha value is -1.15. The molecule has 1 spiro atoms. The first-order chi connectivity index (χ1) is 11.6. The fourth-order valence-corrected chi connectivity index (χ4v) is 6.75. The number of amides is 2. The Balaban J connectivity index is 1.77. The van der Waals surface area contributed by atoms with Gasteiger partial charge in [-0.25, -0.2) is 12.7 Å². The standard InChI is InChI=1S/C17H29N3O4S/c1-12(2)11-25(23,24)20-7-5-17(6-8-20)15-10-19(13(3)21)9-14(15)16(22)18(17)4/h12,14-15H,5-11H2,1-4H3/t14-,15-/m0/s1. The molecule has 3 aliphatic heterocycles. The molecule has 0 aromatic carbocycles. The van der Waals surface area contributed by atoms with Crippen LogP contribution in [0, 0.1) is 17.8 Å². The average Bonchev–Trinajstić information content (AvgIpc) is 3.04. The van der Waals surface area contributed by atoms with E-state index in [0.29, 0.717) is 39.0 Å². The van der Waals surface area contributed by atoms with Crippen molar-refractivity contribution in [1.82, 2.24) is 14.1 Å². The molecule has 0 N–H and O–H groups in total. The molecule has 3 aliphatic rings. The van der Waals surface area contributed by atoms with Crippen LogP contribution >= 0.6 is 0 Å². The highest BCUT2D eigenvalue weighted by molar-refractivity contribution is 7.89. The van der Waals surface area contributed by atoms with Crippen molar-refractivity contribution in [2.24, 2.45) is 17.8 Å². The second kappa shape index (κ2) is 6.23. The SMILES string of the molecule is CC(=O)N1C[C@@H]2C(=O)N(C)C3(CCN(S(=O)(=O)CC(C)C)CC3)[C@H]2C1. The zero-order valence-electron chi connectivity index (χ0n) is 15.6. The molecule has 0 aliphatic carbocycles. The minimum atomic E-state index is -3.24. The molecule has 3 heterocycles. The number of piperidine rings is 1. The number of fused-ring (bicyclic) bond motifs is 2. The summed E-state index contributed by atoms with van der Waals surface area (Å²) in [6.45, 7) is 7.38. The topological polar surface area (TPSA) is 78.0 Å². The fraction of sp³-hybridized carbons (Fsp3) is 0.882. The van der Waals surface area contributed by atoms with E-state index < -0.39 is 10.0 Å². The van der Waals surface area contributed by atoms with E-state index >= 15 is 0 Å².